The molecule has 0 fully saturated rings. The first-order valence-corrected chi connectivity index (χ1v) is 6.65. The summed E-state index contributed by atoms with van der Waals surface area (Å²) in [4.78, 5) is 10.3. The van der Waals surface area contributed by atoms with Crippen molar-refractivity contribution in [2.75, 3.05) is 0 Å². The molecule has 20 heavy (non-hydrogen) atoms. The number of aryl methyl sites for hydroxylation is 1. The van der Waals surface area contributed by atoms with E-state index in [9.17, 15) is 10.1 Å². The van der Waals surface area contributed by atoms with Crippen molar-refractivity contribution < 1.29 is 9.66 Å². The van der Waals surface area contributed by atoms with Crippen LogP contribution in [0.4, 0.5) is 5.69 Å². The smallest absolute Gasteiger partial charge is 0.270 e. The van der Waals surface area contributed by atoms with Gasteiger partial charge in [0.25, 0.3) is 5.69 Å². The van der Waals surface area contributed by atoms with Gasteiger partial charge in [-0.2, -0.15) is 5.10 Å². The van der Waals surface area contributed by atoms with E-state index >= 15 is 0 Å². The van der Waals surface area contributed by atoms with Crippen molar-refractivity contribution >= 4 is 17.3 Å². The molecule has 1 heterocycles. The molecule has 1 aromatic carbocycles. The van der Waals surface area contributed by atoms with Crippen LogP contribution in [0.5, 0.6) is 5.75 Å². The number of nitro groups is 1. The lowest BCUT2D eigenvalue weighted by molar-refractivity contribution is -0.384. The minimum Gasteiger partial charge on any atom is -0.488 e. The van der Waals surface area contributed by atoms with Crippen LogP contribution >= 0.6 is 11.6 Å². The number of aromatic nitrogens is 2. The summed E-state index contributed by atoms with van der Waals surface area (Å²) >= 11 is 5.80. The highest BCUT2D eigenvalue weighted by molar-refractivity contribution is 6.17. The number of hydrogen-bond acceptors (Lipinski definition) is 4. The quantitative estimate of drug-likeness (QED) is 0.466. The number of nitro benzene ring substituents is 1. The second-order valence-corrected chi connectivity index (χ2v) is 4.44. The van der Waals surface area contributed by atoms with Crippen molar-refractivity contribution in [1.29, 1.82) is 0 Å². The van der Waals surface area contributed by atoms with E-state index in [0.717, 1.165) is 12.1 Å². The minimum atomic E-state index is -0.453. The molecule has 0 saturated carbocycles. The minimum absolute atomic E-state index is 0.00630. The van der Waals surface area contributed by atoms with Crippen LogP contribution in [0.25, 0.3) is 0 Å². The Morgan fingerprint density at radius 2 is 2.30 bits per heavy atom. The Balaban J connectivity index is 2.10. The zero-order valence-corrected chi connectivity index (χ0v) is 11.7. The lowest BCUT2D eigenvalue weighted by Crippen LogP contribution is -1.98. The van der Waals surface area contributed by atoms with Gasteiger partial charge < -0.3 is 4.74 Å². The van der Waals surface area contributed by atoms with Crippen molar-refractivity contribution in [3.8, 4) is 5.75 Å². The molecule has 0 radical (unpaired) electrons. The third-order valence-corrected chi connectivity index (χ3v) is 3.09. The number of alkyl halides is 1. The summed E-state index contributed by atoms with van der Waals surface area (Å²) in [6, 6.07) is 4.40. The highest BCUT2D eigenvalue weighted by Crippen LogP contribution is 2.26. The molecule has 7 heteroatoms. The number of rotatable bonds is 6. The number of benzene rings is 1. The Labute approximate surface area is 121 Å². The molecule has 6 nitrogen and oxygen atoms in total. The number of halogens is 1. The van der Waals surface area contributed by atoms with Gasteiger partial charge in [-0.25, -0.2) is 0 Å². The topological polar surface area (TPSA) is 70.2 Å². The molecule has 0 atom stereocenters. The molecule has 0 spiro atoms. The number of nitrogens with zero attached hydrogens (tertiary/aromatic N) is 3. The molecular weight excluding hydrogens is 282 g/mol. The van der Waals surface area contributed by atoms with Crippen LogP contribution in [0.2, 0.25) is 0 Å². The Morgan fingerprint density at radius 3 is 2.90 bits per heavy atom. The first-order chi connectivity index (χ1) is 9.63. The molecule has 0 N–H and O–H groups in total. The first kappa shape index (κ1) is 14.3. The van der Waals surface area contributed by atoms with Gasteiger partial charge in [0.2, 0.25) is 0 Å². The van der Waals surface area contributed by atoms with Gasteiger partial charge >= 0.3 is 0 Å². The molecule has 0 unspecified atom stereocenters. The average Bonchev–Trinajstić information content (AvgIpc) is 2.92. The monoisotopic (exact) mass is 295 g/mol. The molecule has 2 rings (SSSR count). The molecule has 0 aliphatic carbocycles. The lowest BCUT2D eigenvalue weighted by atomic mass is 10.2. The van der Waals surface area contributed by atoms with E-state index in [1.54, 1.807) is 16.9 Å². The van der Waals surface area contributed by atoms with Gasteiger partial charge in [0.15, 0.2) is 0 Å². The fourth-order valence-corrected chi connectivity index (χ4v) is 1.95. The summed E-state index contributed by atoms with van der Waals surface area (Å²) in [6.07, 6.45) is 3.63. The van der Waals surface area contributed by atoms with Crippen LogP contribution in [-0.2, 0) is 19.0 Å². The van der Waals surface area contributed by atoms with Crippen molar-refractivity contribution in [2.24, 2.45) is 0 Å². The van der Waals surface area contributed by atoms with Crippen LogP contribution in [0.15, 0.2) is 30.6 Å². The van der Waals surface area contributed by atoms with E-state index in [0.29, 0.717) is 17.9 Å². The summed E-state index contributed by atoms with van der Waals surface area (Å²) in [5.74, 6) is 0.709. The number of hydrogen-bond donors (Lipinski definition) is 0. The van der Waals surface area contributed by atoms with Crippen LogP contribution in [0, 0.1) is 10.1 Å². The molecule has 0 saturated heterocycles. The fraction of sp³-hybridized carbons (Fsp3) is 0.308. The van der Waals surface area contributed by atoms with Crippen LogP contribution in [0.3, 0.4) is 0 Å². The molecule has 0 aliphatic heterocycles. The van der Waals surface area contributed by atoms with Crippen LogP contribution in [-0.4, -0.2) is 14.7 Å². The summed E-state index contributed by atoms with van der Waals surface area (Å²) in [6.45, 7) is 3.14. The van der Waals surface area contributed by atoms with E-state index in [1.807, 2.05) is 13.1 Å². The highest BCUT2D eigenvalue weighted by atomic mass is 35.5. The van der Waals surface area contributed by atoms with E-state index in [1.165, 1.54) is 12.1 Å². The summed E-state index contributed by atoms with van der Waals surface area (Å²) in [5, 5.41) is 14.9. The van der Waals surface area contributed by atoms with Gasteiger partial charge in [0.1, 0.15) is 12.4 Å². The summed E-state index contributed by atoms with van der Waals surface area (Å²) < 4.78 is 7.45. The zero-order valence-electron chi connectivity index (χ0n) is 11.0. The standard InChI is InChI=1S/C13H14ClN3O3/c1-2-16-8-10(7-15-16)9-20-13-4-3-12(17(18)19)5-11(13)6-14/h3-5,7-8H,2,6,9H2,1H3. The van der Waals surface area contributed by atoms with E-state index in [2.05, 4.69) is 5.10 Å². The van der Waals surface area contributed by atoms with E-state index in [-0.39, 0.29) is 11.6 Å². The Bertz CT molecular complexity index is 613. The maximum Gasteiger partial charge on any atom is 0.270 e. The van der Waals surface area contributed by atoms with Crippen molar-refractivity contribution in [2.45, 2.75) is 26.0 Å². The number of ether oxygens (including phenoxy) is 1. The molecule has 2 aromatic rings. The zero-order chi connectivity index (χ0) is 14.5. The predicted molar refractivity (Wildman–Crippen MR) is 74.9 cm³/mol. The largest absolute Gasteiger partial charge is 0.488 e. The normalized spacial score (nSPS) is 10.5. The van der Waals surface area contributed by atoms with Gasteiger partial charge in [-0.05, 0) is 13.0 Å². The van der Waals surface area contributed by atoms with Gasteiger partial charge in [0, 0.05) is 36.0 Å². The van der Waals surface area contributed by atoms with Crippen LogP contribution in [0.1, 0.15) is 18.1 Å². The lowest BCUT2D eigenvalue weighted by Gasteiger charge is -2.08. The fourth-order valence-electron chi connectivity index (χ4n) is 1.74. The third kappa shape index (κ3) is 3.27. The summed E-state index contributed by atoms with van der Waals surface area (Å²) in [5.41, 5.74) is 1.54. The van der Waals surface area contributed by atoms with Gasteiger partial charge in [-0.15, -0.1) is 11.6 Å². The molecule has 0 aliphatic rings. The van der Waals surface area contributed by atoms with Crippen LogP contribution < -0.4 is 4.74 Å². The SMILES string of the molecule is CCn1cc(COc2ccc([N+](=O)[O-])cc2CCl)cn1. The molecule has 106 valence electrons. The average molecular weight is 296 g/mol. The maximum absolute atomic E-state index is 10.7. The molecule has 0 bridgehead atoms. The second kappa shape index (κ2) is 6.38. The van der Waals surface area contributed by atoms with E-state index in [4.69, 9.17) is 16.3 Å². The van der Waals surface area contributed by atoms with Gasteiger partial charge in [-0.3, -0.25) is 14.8 Å². The molecule has 1 aromatic heterocycles. The van der Waals surface area contributed by atoms with Crippen molar-refractivity contribution in [3.63, 3.8) is 0 Å². The summed E-state index contributed by atoms with van der Waals surface area (Å²) in [7, 11) is 0. The molecular formula is C13H14ClN3O3. The van der Waals surface area contributed by atoms with E-state index < -0.39 is 4.92 Å². The Morgan fingerprint density at radius 1 is 1.50 bits per heavy atom. The Hall–Kier alpha value is -2.08. The number of non-ortho nitro benzene ring substituents is 1. The van der Waals surface area contributed by atoms with Crippen molar-refractivity contribution in [3.05, 3.63) is 51.8 Å². The Kier molecular flexibility index (Phi) is 4.57. The first-order valence-electron chi connectivity index (χ1n) is 6.11. The van der Waals surface area contributed by atoms with Crippen molar-refractivity contribution in [1.82, 2.24) is 9.78 Å². The highest BCUT2D eigenvalue weighted by Gasteiger charge is 2.11. The van der Waals surface area contributed by atoms with Gasteiger partial charge in [-0.1, -0.05) is 0 Å². The maximum atomic E-state index is 10.7. The third-order valence-electron chi connectivity index (χ3n) is 2.80. The molecule has 0 amide bonds. The van der Waals surface area contributed by atoms with Gasteiger partial charge in [0.05, 0.1) is 17.0 Å². The second-order valence-electron chi connectivity index (χ2n) is 4.18. The predicted octanol–water partition coefficient (Wildman–Crippen LogP) is 3.13.